The molecule has 0 bridgehead atoms. The second-order valence-electron chi connectivity index (χ2n) is 4.72. The number of benzene rings is 1. The van der Waals surface area contributed by atoms with Gasteiger partial charge in [-0.1, -0.05) is 24.3 Å². The molecule has 0 atom stereocenters. The maximum atomic E-state index is 9.13. The summed E-state index contributed by atoms with van der Waals surface area (Å²) in [6.07, 6.45) is 0. The number of aromatic nitrogens is 1. The number of ether oxygens (including phenoxy) is 1. The highest BCUT2D eigenvalue weighted by molar-refractivity contribution is 5.52. The fourth-order valence-corrected chi connectivity index (χ4v) is 2.04. The molecule has 0 amide bonds. The molecule has 0 radical (unpaired) electrons. The van der Waals surface area contributed by atoms with Crippen LogP contribution in [0.15, 0.2) is 36.4 Å². The van der Waals surface area contributed by atoms with Crippen LogP contribution in [0.4, 0.5) is 5.82 Å². The molecule has 0 spiro atoms. The molecule has 21 heavy (non-hydrogen) atoms. The first-order chi connectivity index (χ1) is 10.2. The standard InChI is InChI=1S/C17H19N3O/c1-3-21-12-16-7-5-4-6-15(16)11-19-17-14(10-18)9-8-13(2)20-17/h4-9H,3,11-12H2,1-2H3,(H,19,20). The summed E-state index contributed by atoms with van der Waals surface area (Å²) in [7, 11) is 0. The van der Waals surface area contributed by atoms with E-state index in [-0.39, 0.29) is 0 Å². The number of nitriles is 1. The van der Waals surface area contributed by atoms with Crippen LogP contribution in [0.5, 0.6) is 0 Å². The van der Waals surface area contributed by atoms with Crippen molar-refractivity contribution in [1.29, 1.82) is 5.26 Å². The van der Waals surface area contributed by atoms with Gasteiger partial charge in [-0.05, 0) is 37.1 Å². The van der Waals surface area contributed by atoms with E-state index < -0.39 is 0 Å². The van der Waals surface area contributed by atoms with Crippen LogP contribution in [-0.4, -0.2) is 11.6 Å². The van der Waals surface area contributed by atoms with E-state index in [4.69, 9.17) is 10.00 Å². The molecule has 1 heterocycles. The zero-order chi connectivity index (χ0) is 15.1. The lowest BCUT2D eigenvalue weighted by atomic mass is 10.1. The van der Waals surface area contributed by atoms with Gasteiger partial charge in [0, 0.05) is 18.8 Å². The van der Waals surface area contributed by atoms with Crippen molar-refractivity contribution in [1.82, 2.24) is 4.98 Å². The van der Waals surface area contributed by atoms with Crippen LogP contribution in [0, 0.1) is 18.3 Å². The van der Waals surface area contributed by atoms with Crippen molar-refractivity contribution in [3.05, 3.63) is 58.8 Å². The van der Waals surface area contributed by atoms with Crippen molar-refractivity contribution in [3.63, 3.8) is 0 Å². The molecule has 0 saturated heterocycles. The molecule has 0 unspecified atom stereocenters. The number of aryl methyl sites for hydroxylation is 1. The van der Waals surface area contributed by atoms with Gasteiger partial charge in [-0.2, -0.15) is 5.26 Å². The predicted octanol–water partition coefficient (Wildman–Crippen LogP) is 3.41. The van der Waals surface area contributed by atoms with Crippen LogP contribution in [0.3, 0.4) is 0 Å². The molecular formula is C17H19N3O. The predicted molar refractivity (Wildman–Crippen MR) is 82.8 cm³/mol. The summed E-state index contributed by atoms with van der Waals surface area (Å²) < 4.78 is 5.48. The van der Waals surface area contributed by atoms with Gasteiger partial charge in [0.2, 0.25) is 0 Å². The summed E-state index contributed by atoms with van der Waals surface area (Å²) in [5.74, 6) is 0.628. The van der Waals surface area contributed by atoms with Gasteiger partial charge in [-0.25, -0.2) is 4.98 Å². The van der Waals surface area contributed by atoms with Crippen molar-refractivity contribution < 1.29 is 4.74 Å². The average Bonchev–Trinajstić information content (AvgIpc) is 2.52. The second kappa shape index (κ2) is 7.41. The smallest absolute Gasteiger partial charge is 0.144 e. The third-order valence-corrected chi connectivity index (χ3v) is 3.18. The highest BCUT2D eigenvalue weighted by Gasteiger charge is 2.06. The molecule has 0 aliphatic carbocycles. The summed E-state index contributed by atoms with van der Waals surface area (Å²) in [6, 6.07) is 13.9. The molecule has 0 saturated carbocycles. The molecule has 1 aromatic heterocycles. The van der Waals surface area contributed by atoms with Gasteiger partial charge in [-0.3, -0.25) is 0 Å². The number of hydrogen-bond donors (Lipinski definition) is 1. The number of hydrogen-bond acceptors (Lipinski definition) is 4. The van der Waals surface area contributed by atoms with Gasteiger partial charge in [0.1, 0.15) is 11.9 Å². The van der Waals surface area contributed by atoms with Crippen LogP contribution >= 0.6 is 0 Å². The van der Waals surface area contributed by atoms with E-state index in [9.17, 15) is 0 Å². The number of rotatable bonds is 6. The molecule has 1 aromatic carbocycles. The fraction of sp³-hybridized carbons (Fsp3) is 0.294. The Morgan fingerprint density at radius 2 is 1.95 bits per heavy atom. The van der Waals surface area contributed by atoms with Gasteiger partial charge in [0.05, 0.1) is 12.2 Å². The van der Waals surface area contributed by atoms with Crippen LogP contribution < -0.4 is 5.32 Å². The van der Waals surface area contributed by atoms with E-state index >= 15 is 0 Å². The molecule has 108 valence electrons. The lowest BCUT2D eigenvalue weighted by Crippen LogP contribution is -2.07. The summed E-state index contributed by atoms with van der Waals surface area (Å²) in [5, 5.41) is 12.4. The largest absolute Gasteiger partial charge is 0.377 e. The summed E-state index contributed by atoms with van der Waals surface area (Å²) in [5.41, 5.74) is 3.75. The molecule has 4 nitrogen and oxygen atoms in total. The van der Waals surface area contributed by atoms with E-state index in [1.165, 1.54) is 0 Å². The molecule has 0 aliphatic rings. The Hall–Kier alpha value is -2.38. The topological polar surface area (TPSA) is 57.9 Å². The highest BCUT2D eigenvalue weighted by atomic mass is 16.5. The van der Waals surface area contributed by atoms with E-state index in [0.717, 1.165) is 16.8 Å². The molecule has 2 rings (SSSR count). The number of anilines is 1. The third kappa shape index (κ3) is 4.04. The van der Waals surface area contributed by atoms with E-state index in [0.29, 0.717) is 31.1 Å². The van der Waals surface area contributed by atoms with Gasteiger partial charge in [0.15, 0.2) is 0 Å². The van der Waals surface area contributed by atoms with Crippen LogP contribution in [0.1, 0.15) is 29.3 Å². The van der Waals surface area contributed by atoms with E-state index in [2.05, 4.69) is 28.5 Å². The number of nitrogens with zero attached hydrogens (tertiary/aromatic N) is 2. The first-order valence-corrected chi connectivity index (χ1v) is 7.00. The summed E-state index contributed by atoms with van der Waals surface area (Å²) in [4.78, 5) is 4.39. The molecule has 1 N–H and O–H groups in total. The molecule has 0 fully saturated rings. The zero-order valence-corrected chi connectivity index (χ0v) is 12.4. The van der Waals surface area contributed by atoms with Gasteiger partial charge < -0.3 is 10.1 Å². The third-order valence-electron chi connectivity index (χ3n) is 3.18. The Morgan fingerprint density at radius 3 is 2.67 bits per heavy atom. The Labute approximate surface area is 125 Å². The Kier molecular flexibility index (Phi) is 5.30. The zero-order valence-electron chi connectivity index (χ0n) is 12.4. The Balaban J connectivity index is 2.13. The first kappa shape index (κ1) is 15.0. The van der Waals surface area contributed by atoms with Crippen LogP contribution in [0.25, 0.3) is 0 Å². The van der Waals surface area contributed by atoms with Crippen molar-refractivity contribution in [3.8, 4) is 6.07 Å². The van der Waals surface area contributed by atoms with Crippen LogP contribution in [-0.2, 0) is 17.9 Å². The Morgan fingerprint density at radius 1 is 1.19 bits per heavy atom. The van der Waals surface area contributed by atoms with Crippen molar-refractivity contribution in [2.24, 2.45) is 0 Å². The fourth-order valence-electron chi connectivity index (χ4n) is 2.04. The van der Waals surface area contributed by atoms with E-state index in [1.54, 1.807) is 6.07 Å². The lowest BCUT2D eigenvalue weighted by molar-refractivity contribution is 0.133. The van der Waals surface area contributed by atoms with Crippen molar-refractivity contribution in [2.45, 2.75) is 27.0 Å². The molecule has 2 aromatic rings. The quantitative estimate of drug-likeness (QED) is 0.881. The number of pyridine rings is 1. The van der Waals surface area contributed by atoms with Gasteiger partial charge >= 0.3 is 0 Å². The normalized spacial score (nSPS) is 10.1. The van der Waals surface area contributed by atoms with Crippen molar-refractivity contribution >= 4 is 5.82 Å². The minimum Gasteiger partial charge on any atom is -0.377 e. The van der Waals surface area contributed by atoms with Crippen LogP contribution in [0.2, 0.25) is 0 Å². The second-order valence-corrected chi connectivity index (χ2v) is 4.72. The molecule has 0 aliphatic heterocycles. The summed E-state index contributed by atoms with van der Waals surface area (Å²) in [6.45, 7) is 5.81. The van der Waals surface area contributed by atoms with Crippen molar-refractivity contribution in [2.75, 3.05) is 11.9 Å². The minimum absolute atomic E-state index is 0.558. The SMILES string of the molecule is CCOCc1ccccc1CNc1nc(C)ccc1C#N. The minimum atomic E-state index is 0.558. The molecule has 4 heteroatoms. The summed E-state index contributed by atoms with van der Waals surface area (Å²) >= 11 is 0. The van der Waals surface area contributed by atoms with Gasteiger partial charge in [-0.15, -0.1) is 0 Å². The maximum absolute atomic E-state index is 9.13. The Bertz CT molecular complexity index is 647. The maximum Gasteiger partial charge on any atom is 0.144 e. The number of nitrogens with one attached hydrogen (secondary N) is 1. The average molecular weight is 281 g/mol. The first-order valence-electron chi connectivity index (χ1n) is 7.00. The van der Waals surface area contributed by atoms with Gasteiger partial charge in [0.25, 0.3) is 0 Å². The molecular weight excluding hydrogens is 262 g/mol. The monoisotopic (exact) mass is 281 g/mol. The van der Waals surface area contributed by atoms with E-state index in [1.807, 2.05) is 32.0 Å². The lowest BCUT2D eigenvalue weighted by Gasteiger charge is -2.12. The highest BCUT2D eigenvalue weighted by Crippen LogP contribution is 2.16.